The Bertz CT molecular complexity index is 1430. The fourth-order valence-electron chi connectivity index (χ4n) is 4.48. The minimum atomic E-state index is -1.24. The van der Waals surface area contributed by atoms with Gasteiger partial charge in [0.2, 0.25) is 5.91 Å². The van der Waals surface area contributed by atoms with Gasteiger partial charge in [0.15, 0.2) is 0 Å². The lowest BCUT2D eigenvalue weighted by atomic mass is 9.90. The van der Waals surface area contributed by atoms with Gasteiger partial charge in [-0.15, -0.1) is 0 Å². The van der Waals surface area contributed by atoms with Gasteiger partial charge < -0.3 is 10.6 Å². The molecule has 174 valence electrons. The first kappa shape index (κ1) is 22.3. The third kappa shape index (κ3) is 4.38. The summed E-state index contributed by atoms with van der Waals surface area (Å²) in [6.07, 6.45) is 0.653. The Labute approximate surface area is 203 Å². The Morgan fingerprint density at radius 1 is 0.857 bits per heavy atom. The SMILES string of the molecule is C[C@@]1(c2ccc3ccccc3c2)NC(=O)N(CC(=O)Nc2ccccc2Cc2ccccc2)C1=O. The number of rotatable bonds is 6. The summed E-state index contributed by atoms with van der Waals surface area (Å²) in [7, 11) is 0. The fraction of sp³-hybridized carbons (Fsp3) is 0.138. The van der Waals surface area contributed by atoms with E-state index in [4.69, 9.17) is 0 Å². The van der Waals surface area contributed by atoms with Crippen molar-refractivity contribution in [3.63, 3.8) is 0 Å². The lowest BCUT2D eigenvalue weighted by Gasteiger charge is -2.22. The number of carbonyl (C=O) groups excluding carboxylic acids is 3. The summed E-state index contributed by atoms with van der Waals surface area (Å²) in [4.78, 5) is 40.0. The van der Waals surface area contributed by atoms with Crippen LogP contribution in [0.5, 0.6) is 0 Å². The second-order valence-electron chi connectivity index (χ2n) is 8.88. The maximum atomic E-state index is 13.3. The van der Waals surface area contributed by atoms with Gasteiger partial charge in [0.25, 0.3) is 5.91 Å². The third-order valence-electron chi connectivity index (χ3n) is 6.43. The topological polar surface area (TPSA) is 78.5 Å². The van der Waals surface area contributed by atoms with E-state index in [0.717, 1.165) is 26.8 Å². The molecule has 4 aromatic carbocycles. The van der Waals surface area contributed by atoms with E-state index in [1.54, 1.807) is 6.92 Å². The number of amides is 4. The summed E-state index contributed by atoms with van der Waals surface area (Å²) < 4.78 is 0. The van der Waals surface area contributed by atoms with E-state index in [1.165, 1.54) is 0 Å². The van der Waals surface area contributed by atoms with Crippen molar-refractivity contribution in [1.82, 2.24) is 10.2 Å². The maximum Gasteiger partial charge on any atom is 0.325 e. The molecule has 6 nitrogen and oxygen atoms in total. The Kier molecular flexibility index (Phi) is 5.79. The van der Waals surface area contributed by atoms with Crippen LogP contribution in [0.15, 0.2) is 97.1 Å². The summed E-state index contributed by atoms with van der Waals surface area (Å²) in [5.41, 5.74) is 2.16. The van der Waals surface area contributed by atoms with E-state index >= 15 is 0 Å². The molecule has 0 bridgehead atoms. The zero-order chi connectivity index (χ0) is 24.4. The van der Waals surface area contributed by atoms with E-state index in [2.05, 4.69) is 10.6 Å². The van der Waals surface area contributed by atoms with E-state index in [1.807, 2.05) is 97.1 Å². The van der Waals surface area contributed by atoms with Crippen molar-refractivity contribution < 1.29 is 14.4 Å². The molecule has 1 fully saturated rings. The first-order valence-electron chi connectivity index (χ1n) is 11.5. The van der Waals surface area contributed by atoms with Crippen LogP contribution in [0.2, 0.25) is 0 Å². The lowest BCUT2D eigenvalue weighted by molar-refractivity contribution is -0.133. The Morgan fingerprint density at radius 2 is 1.54 bits per heavy atom. The predicted molar refractivity (Wildman–Crippen MR) is 136 cm³/mol. The summed E-state index contributed by atoms with van der Waals surface area (Å²) in [5.74, 6) is -0.887. The second-order valence-corrected chi connectivity index (χ2v) is 8.88. The van der Waals surface area contributed by atoms with Gasteiger partial charge >= 0.3 is 6.03 Å². The molecule has 4 aromatic rings. The average molecular weight is 464 g/mol. The third-order valence-corrected chi connectivity index (χ3v) is 6.43. The van der Waals surface area contributed by atoms with Crippen LogP contribution in [0.25, 0.3) is 10.8 Å². The van der Waals surface area contributed by atoms with Gasteiger partial charge in [-0.25, -0.2) is 4.79 Å². The van der Waals surface area contributed by atoms with Crippen LogP contribution in [-0.4, -0.2) is 29.3 Å². The molecule has 0 radical (unpaired) electrons. The highest BCUT2D eigenvalue weighted by molar-refractivity contribution is 6.10. The highest BCUT2D eigenvalue weighted by Crippen LogP contribution is 2.31. The number of nitrogens with one attached hydrogen (secondary N) is 2. The van der Waals surface area contributed by atoms with Crippen molar-refractivity contribution in [3.8, 4) is 0 Å². The number of para-hydroxylation sites is 1. The number of imide groups is 1. The Balaban J connectivity index is 1.32. The van der Waals surface area contributed by atoms with Gasteiger partial charge in [0.1, 0.15) is 12.1 Å². The first-order valence-corrected chi connectivity index (χ1v) is 11.5. The number of carbonyl (C=O) groups is 3. The van der Waals surface area contributed by atoms with Crippen molar-refractivity contribution in [2.75, 3.05) is 11.9 Å². The van der Waals surface area contributed by atoms with Crippen LogP contribution in [0, 0.1) is 0 Å². The molecule has 1 aliphatic heterocycles. The molecule has 0 aliphatic carbocycles. The first-order chi connectivity index (χ1) is 16.9. The molecule has 1 atom stereocenters. The monoisotopic (exact) mass is 463 g/mol. The minimum absolute atomic E-state index is 0.368. The van der Waals surface area contributed by atoms with Crippen LogP contribution in [0.4, 0.5) is 10.5 Å². The average Bonchev–Trinajstić information content (AvgIpc) is 3.09. The predicted octanol–water partition coefficient (Wildman–Crippen LogP) is 4.84. The summed E-state index contributed by atoms with van der Waals surface area (Å²) in [5, 5.41) is 7.67. The van der Waals surface area contributed by atoms with Crippen LogP contribution in [0.3, 0.4) is 0 Å². The van der Waals surface area contributed by atoms with Crippen molar-refractivity contribution >= 4 is 34.3 Å². The van der Waals surface area contributed by atoms with Gasteiger partial charge in [0.05, 0.1) is 0 Å². The van der Waals surface area contributed by atoms with Gasteiger partial charge in [-0.1, -0.05) is 84.9 Å². The summed E-state index contributed by atoms with van der Waals surface area (Å²) >= 11 is 0. The Hall–Kier alpha value is -4.45. The minimum Gasteiger partial charge on any atom is -0.324 e. The molecule has 0 saturated carbocycles. The van der Waals surface area contributed by atoms with Crippen LogP contribution >= 0.6 is 0 Å². The van der Waals surface area contributed by atoms with E-state index in [9.17, 15) is 14.4 Å². The van der Waals surface area contributed by atoms with Crippen LogP contribution in [-0.2, 0) is 21.5 Å². The summed E-state index contributed by atoms with van der Waals surface area (Å²) in [6, 6.07) is 30.4. The number of hydrogen-bond donors (Lipinski definition) is 2. The number of urea groups is 1. The molecule has 6 heteroatoms. The zero-order valence-corrected chi connectivity index (χ0v) is 19.3. The van der Waals surface area contributed by atoms with Crippen molar-refractivity contribution in [3.05, 3.63) is 114 Å². The molecule has 1 saturated heterocycles. The lowest BCUT2D eigenvalue weighted by Crippen LogP contribution is -2.42. The second kappa shape index (κ2) is 9.06. The summed E-state index contributed by atoms with van der Waals surface area (Å²) in [6.45, 7) is 1.30. The highest BCUT2D eigenvalue weighted by Gasteiger charge is 2.49. The van der Waals surface area contributed by atoms with E-state index in [-0.39, 0.29) is 6.54 Å². The van der Waals surface area contributed by atoms with E-state index in [0.29, 0.717) is 17.7 Å². The van der Waals surface area contributed by atoms with Crippen molar-refractivity contribution in [2.45, 2.75) is 18.9 Å². The molecule has 1 aliphatic rings. The molecular weight excluding hydrogens is 438 g/mol. The largest absolute Gasteiger partial charge is 0.325 e. The number of benzene rings is 4. The van der Waals surface area contributed by atoms with E-state index < -0.39 is 23.4 Å². The molecule has 0 unspecified atom stereocenters. The smallest absolute Gasteiger partial charge is 0.324 e. The molecule has 0 spiro atoms. The van der Waals surface area contributed by atoms with Crippen molar-refractivity contribution in [2.24, 2.45) is 0 Å². The molecule has 4 amide bonds. The molecule has 0 aromatic heterocycles. The van der Waals surface area contributed by atoms with Crippen LogP contribution in [0.1, 0.15) is 23.6 Å². The Morgan fingerprint density at radius 3 is 2.34 bits per heavy atom. The molecule has 35 heavy (non-hydrogen) atoms. The number of anilines is 1. The van der Waals surface area contributed by atoms with Crippen LogP contribution < -0.4 is 10.6 Å². The number of fused-ring (bicyclic) bond motifs is 1. The molecule has 2 N–H and O–H groups in total. The standard InChI is InChI=1S/C29H25N3O3/c1-29(24-16-15-21-11-5-6-12-22(21)18-24)27(34)32(28(35)31-29)19-26(33)30-25-14-8-7-13-23(25)17-20-9-3-2-4-10-20/h2-16,18H,17,19H2,1H3,(H,30,33)(H,31,35)/t29-/m0/s1. The maximum absolute atomic E-state index is 13.3. The number of hydrogen-bond acceptors (Lipinski definition) is 3. The molecule has 1 heterocycles. The zero-order valence-electron chi connectivity index (χ0n) is 19.3. The molecule has 5 rings (SSSR count). The van der Waals surface area contributed by atoms with Gasteiger partial charge in [-0.05, 0) is 52.9 Å². The van der Waals surface area contributed by atoms with Gasteiger partial charge in [0, 0.05) is 5.69 Å². The normalized spacial score (nSPS) is 17.5. The van der Waals surface area contributed by atoms with Crippen molar-refractivity contribution in [1.29, 1.82) is 0 Å². The molecular formula is C29H25N3O3. The quantitative estimate of drug-likeness (QED) is 0.402. The van der Waals surface area contributed by atoms with Gasteiger partial charge in [-0.3, -0.25) is 14.5 Å². The number of nitrogens with zero attached hydrogens (tertiary/aromatic N) is 1. The van der Waals surface area contributed by atoms with Gasteiger partial charge in [-0.2, -0.15) is 0 Å². The fourth-order valence-corrected chi connectivity index (χ4v) is 4.48. The highest BCUT2D eigenvalue weighted by atomic mass is 16.2.